The Morgan fingerprint density at radius 3 is 0.455 bits per heavy atom. The van der Waals surface area contributed by atoms with Crippen LogP contribution in [0.5, 0.6) is 0 Å². The molecule has 0 spiro atoms. The van der Waals surface area contributed by atoms with Gasteiger partial charge in [0.1, 0.15) is 0 Å². The summed E-state index contributed by atoms with van der Waals surface area (Å²) >= 11 is 0. The Hall–Kier alpha value is -0.0800. The van der Waals surface area contributed by atoms with Crippen molar-refractivity contribution in [2.45, 2.75) is 269 Å². The fourth-order valence-electron chi connectivity index (χ4n) is 9.59. The fourth-order valence-corrected chi connectivity index (χ4v) is 9.59. The van der Waals surface area contributed by atoms with Crippen molar-refractivity contribution in [2.75, 3.05) is 0 Å². The van der Waals surface area contributed by atoms with Crippen molar-refractivity contribution in [2.24, 2.45) is 0 Å². The maximum Gasteiger partial charge on any atom is 0.0891 e. The summed E-state index contributed by atoms with van der Waals surface area (Å²) in [6.45, 7) is 0. The molecule has 3 fully saturated rings. The summed E-state index contributed by atoms with van der Waals surface area (Å²) in [6.07, 6.45) is 53.3. The highest BCUT2D eigenvalue weighted by atomic mass is 16.6. The molecule has 44 heavy (non-hydrogen) atoms. The quantitative estimate of drug-likeness (QED) is 0.229. The van der Waals surface area contributed by atoms with Crippen LogP contribution < -0.4 is 0 Å². The van der Waals surface area contributed by atoms with Gasteiger partial charge in [-0.1, -0.05) is 173 Å². The van der Waals surface area contributed by atoms with Crippen molar-refractivity contribution < 1.29 is 4.65 Å². The number of rotatable bonds is 3. The minimum absolute atomic E-state index is 0.250. The van der Waals surface area contributed by atoms with Crippen LogP contribution in [-0.4, -0.2) is 22.8 Å². The first-order valence-electron chi connectivity index (χ1n) is 21.4. The smallest absolute Gasteiger partial charge is 0.0891 e. The average Bonchev–Trinajstić information content (AvgIpc) is 3.03. The second kappa shape index (κ2) is 25.9. The van der Waals surface area contributed by atoms with Gasteiger partial charge in [-0.05, 0) is 77.0 Å². The maximum atomic E-state index is 16.3. The summed E-state index contributed by atoms with van der Waals surface area (Å²) in [6, 6.07) is 1.10. The molecule has 0 aromatic rings. The van der Waals surface area contributed by atoms with E-state index >= 15 is 5.21 Å². The zero-order chi connectivity index (χ0) is 30.8. The van der Waals surface area contributed by atoms with Gasteiger partial charge in [0.15, 0.2) is 0 Å². The molecule has 0 heterocycles. The lowest BCUT2D eigenvalue weighted by Gasteiger charge is -2.59. The van der Waals surface area contributed by atoms with Gasteiger partial charge in [-0.15, -0.1) is 0 Å². The molecule has 0 bridgehead atoms. The Morgan fingerprint density at radius 1 is 0.205 bits per heavy atom. The van der Waals surface area contributed by atoms with Gasteiger partial charge in [0.25, 0.3) is 0 Å². The van der Waals surface area contributed by atoms with Gasteiger partial charge in [0.2, 0.25) is 0 Å². The second-order valence-corrected chi connectivity index (χ2v) is 16.1. The summed E-state index contributed by atoms with van der Waals surface area (Å²) in [5, 5.41) is 16.3. The van der Waals surface area contributed by atoms with E-state index in [-0.39, 0.29) is 4.65 Å². The minimum atomic E-state index is 0.250. The molecular formula is C42H81NO. The molecule has 3 aliphatic rings. The zero-order valence-electron chi connectivity index (χ0n) is 30.2. The van der Waals surface area contributed by atoms with E-state index in [1.807, 2.05) is 0 Å². The average molecular weight is 616 g/mol. The van der Waals surface area contributed by atoms with E-state index in [9.17, 15) is 0 Å². The Labute approximate surface area is 277 Å². The molecule has 2 nitrogen and oxygen atoms in total. The van der Waals surface area contributed by atoms with Gasteiger partial charge in [-0.25, -0.2) is 0 Å². The summed E-state index contributed by atoms with van der Waals surface area (Å²) in [7, 11) is 0. The number of hydrogen-bond acceptors (Lipinski definition) is 1. The lowest BCUT2D eigenvalue weighted by molar-refractivity contribution is -0.954. The van der Waals surface area contributed by atoms with Gasteiger partial charge in [0.05, 0.1) is 18.1 Å². The molecule has 2 heteroatoms. The Bertz CT molecular complexity index is 508. The molecule has 0 aromatic carbocycles. The van der Waals surface area contributed by atoms with E-state index in [0.29, 0.717) is 18.1 Å². The van der Waals surface area contributed by atoms with Crippen molar-refractivity contribution in [3.8, 4) is 0 Å². The first-order chi connectivity index (χ1) is 21.8. The SMILES string of the molecule is [O-][N+](C1CCCCCCCCCCCCC1)(C1CCCCCCCCCCCCC1)C1CCCCCCCCCCCCC1. The molecule has 3 aliphatic carbocycles. The van der Waals surface area contributed by atoms with E-state index < -0.39 is 0 Å². The molecule has 0 aliphatic heterocycles. The van der Waals surface area contributed by atoms with Crippen molar-refractivity contribution >= 4 is 0 Å². The lowest BCUT2D eigenvalue weighted by Crippen LogP contribution is -2.63. The van der Waals surface area contributed by atoms with Crippen LogP contribution in [0.2, 0.25) is 0 Å². The largest absolute Gasteiger partial charge is 0.632 e. The van der Waals surface area contributed by atoms with Crippen LogP contribution >= 0.6 is 0 Å². The van der Waals surface area contributed by atoms with Gasteiger partial charge >= 0.3 is 0 Å². The molecule has 0 unspecified atom stereocenters. The van der Waals surface area contributed by atoms with Crippen LogP contribution in [0.25, 0.3) is 0 Å². The minimum Gasteiger partial charge on any atom is -0.632 e. The van der Waals surface area contributed by atoms with Gasteiger partial charge in [-0.2, -0.15) is 0 Å². The molecule has 3 rings (SSSR count). The van der Waals surface area contributed by atoms with E-state index in [1.165, 1.54) is 250 Å². The standard InChI is InChI=1S/C42H81NO/c44-43(40-34-28-22-16-10-4-1-5-11-17-23-29-35-40,41-36-30-24-18-12-6-2-7-13-19-25-31-37-41)42-38-32-26-20-14-8-3-9-15-21-27-33-39-42/h40-42H,1-39H2. The van der Waals surface area contributed by atoms with Crippen LogP contribution in [-0.2, 0) is 0 Å². The van der Waals surface area contributed by atoms with Crippen LogP contribution in [0.1, 0.15) is 250 Å². The molecule has 0 aromatic heterocycles. The number of hydrogen-bond donors (Lipinski definition) is 0. The molecule has 0 saturated heterocycles. The molecular weight excluding hydrogens is 534 g/mol. The maximum absolute atomic E-state index is 16.3. The predicted molar refractivity (Wildman–Crippen MR) is 195 cm³/mol. The molecule has 3 saturated carbocycles. The highest BCUT2D eigenvalue weighted by molar-refractivity contribution is 4.77. The normalized spacial score (nSPS) is 26.1. The van der Waals surface area contributed by atoms with Crippen molar-refractivity contribution in [1.29, 1.82) is 0 Å². The monoisotopic (exact) mass is 616 g/mol. The Balaban J connectivity index is 1.85. The van der Waals surface area contributed by atoms with E-state index in [1.54, 1.807) is 0 Å². The first kappa shape index (κ1) is 38.4. The van der Waals surface area contributed by atoms with Crippen LogP contribution in [0.3, 0.4) is 0 Å². The summed E-state index contributed by atoms with van der Waals surface area (Å²) in [5.41, 5.74) is 0. The van der Waals surface area contributed by atoms with Crippen LogP contribution in [0.4, 0.5) is 0 Å². The van der Waals surface area contributed by atoms with Crippen molar-refractivity contribution in [1.82, 2.24) is 0 Å². The summed E-state index contributed by atoms with van der Waals surface area (Å²) in [5.74, 6) is 0. The van der Waals surface area contributed by atoms with E-state index in [4.69, 9.17) is 0 Å². The Morgan fingerprint density at radius 2 is 0.318 bits per heavy atom. The van der Waals surface area contributed by atoms with Crippen LogP contribution in [0, 0.1) is 5.21 Å². The summed E-state index contributed by atoms with van der Waals surface area (Å²) in [4.78, 5) is 0. The Kier molecular flexibility index (Phi) is 22.6. The third kappa shape index (κ3) is 16.2. The number of quaternary nitrogens is 1. The van der Waals surface area contributed by atoms with Crippen molar-refractivity contribution in [3.05, 3.63) is 5.21 Å². The second-order valence-electron chi connectivity index (χ2n) is 16.1. The first-order valence-corrected chi connectivity index (χ1v) is 21.4. The molecule has 260 valence electrons. The number of hydroxylamine groups is 3. The summed E-state index contributed by atoms with van der Waals surface area (Å²) < 4.78 is 0.250. The predicted octanol–water partition coefficient (Wildman–Crippen LogP) is 14.7. The van der Waals surface area contributed by atoms with Gasteiger partial charge in [0, 0.05) is 0 Å². The molecule has 0 atom stereocenters. The van der Waals surface area contributed by atoms with Gasteiger partial charge in [-0.3, -0.25) is 0 Å². The fraction of sp³-hybridized carbons (Fsp3) is 1.00. The van der Waals surface area contributed by atoms with E-state index in [2.05, 4.69) is 0 Å². The zero-order valence-corrected chi connectivity index (χ0v) is 30.2. The topological polar surface area (TPSA) is 23.1 Å². The lowest BCUT2D eigenvalue weighted by atomic mass is 9.87. The van der Waals surface area contributed by atoms with E-state index in [0.717, 1.165) is 0 Å². The van der Waals surface area contributed by atoms with Crippen LogP contribution in [0.15, 0.2) is 0 Å². The molecule has 0 N–H and O–H groups in total. The molecule has 0 radical (unpaired) electrons. The molecule has 0 amide bonds. The third-order valence-electron chi connectivity index (χ3n) is 12.4. The van der Waals surface area contributed by atoms with Crippen molar-refractivity contribution in [3.63, 3.8) is 0 Å². The highest BCUT2D eigenvalue weighted by Gasteiger charge is 2.41. The third-order valence-corrected chi connectivity index (χ3v) is 12.4. The highest BCUT2D eigenvalue weighted by Crippen LogP contribution is 2.39. The van der Waals surface area contributed by atoms with Gasteiger partial charge < -0.3 is 9.85 Å². The number of nitrogens with zero attached hydrogens (tertiary/aromatic N) is 1.